The normalized spacial score (nSPS) is 10.4. The first kappa shape index (κ1) is 14.5. The molecule has 3 rings (SSSR count). The Morgan fingerprint density at radius 2 is 1.55 bits per heavy atom. The van der Waals surface area contributed by atoms with Crippen LogP contribution in [0.5, 0.6) is 0 Å². The van der Waals surface area contributed by atoms with Gasteiger partial charge in [0.1, 0.15) is 0 Å². The summed E-state index contributed by atoms with van der Waals surface area (Å²) < 4.78 is 0. The van der Waals surface area contributed by atoms with Gasteiger partial charge in [-0.15, -0.1) is 0 Å². The largest absolute Gasteiger partial charge is 0.362 e. The Balaban J connectivity index is 1.54. The Kier molecular flexibility index (Phi) is 4.66. The summed E-state index contributed by atoms with van der Waals surface area (Å²) in [5.41, 5.74) is 2.32. The maximum atomic E-state index is 5.35. The zero-order valence-corrected chi connectivity index (χ0v) is 13.1. The Hall–Kier alpha value is -2.39. The molecule has 0 atom stereocenters. The Bertz CT molecular complexity index is 769. The van der Waals surface area contributed by atoms with Crippen LogP contribution in [0.15, 0.2) is 72.8 Å². The van der Waals surface area contributed by atoms with Crippen molar-refractivity contribution >= 4 is 33.8 Å². The first-order valence-electron chi connectivity index (χ1n) is 7.39. The van der Waals surface area contributed by atoms with E-state index in [1.165, 1.54) is 16.3 Å². The van der Waals surface area contributed by atoms with Gasteiger partial charge in [0.2, 0.25) is 0 Å². The molecule has 0 amide bonds. The molecule has 0 fully saturated rings. The molecule has 0 aliphatic heterocycles. The number of hydrogen-bond donors (Lipinski definition) is 2. The molecule has 3 heteroatoms. The van der Waals surface area contributed by atoms with E-state index in [1.807, 2.05) is 24.3 Å². The van der Waals surface area contributed by atoms with Crippen LogP contribution in [0.3, 0.4) is 0 Å². The summed E-state index contributed by atoms with van der Waals surface area (Å²) in [6.45, 7) is 0.823. The molecule has 22 heavy (non-hydrogen) atoms. The van der Waals surface area contributed by atoms with E-state index in [2.05, 4.69) is 59.2 Å². The van der Waals surface area contributed by atoms with Gasteiger partial charge < -0.3 is 10.6 Å². The number of fused-ring (bicyclic) bond motifs is 1. The Labute approximate surface area is 136 Å². The molecule has 0 spiro atoms. The SMILES string of the molecule is S=C(NCCc1ccccc1)Nc1ccc2ccccc2c1. The molecule has 0 aromatic heterocycles. The molecule has 0 unspecified atom stereocenters. The highest BCUT2D eigenvalue weighted by atomic mass is 32.1. The molecule has 2 N–H and O–H groups in total. The summed E-state index contributed by atoms with van der Waals surface area (Å²) in [4.78, 5) is 0. The van der Waals surface area contributed by atoms with Gasteiger partial charge >= 0.3 is 0 Å². The van der Waals surface area contributed by atoms with Crippen LogP contribution in [0.1, 0.15) is 5.56 Å². The van der Waals surface area contributed by atoms with Crippen LogP contribution in [0.2, 0.25) is 0 Å². The lowest BCUT2D eigenvalue weighted by atomic mass is 10.1. The molecule has 2 nitrogen and oxygen atoms in total. The van der Waals surface area contributed by atoms with E-state index in [-0.39, 0.29) is 0 Å². The zero-order chi connectivity index (χ0) is 15.2. The van der Waals surface area contributed by atoms with Gasteiger partial charge in [-0.1, -0.05) is 60.7 Å². The fraction of sp³-hybridized carbons (Fsp3) is 0.105. The van der Waals surface area contributed by atoms with Gasteiger partial charge in [0.15, 0.2) is 5.11 Å². The van der Waals surface area contributed by atoms with Crippen molar-refractivity contribution < 1.29 is 0 Å². The molecular weight excluding hydrogens is 288 g/mol. The van der Waals surface area contributed by atoms with Gasteiger partial charge in [0.25, 0.3) is 0 Å². The van der Waals surface area contributed by atoms with E-state index >= 15 is 0 Å². The molecule has 3 aromatic carbocycles. The summed E-state index contributed by atoms with van der Waals surface area (Å²) >= 11 is 5.35. The maximum Gasteiger partial charge on any atom is 0.170 e. The third-order valence-electron chi connectivity index (χ3n) is 3.55. The highest BCUT2D eigenvalue weighted by Crippen LogP contribution is 2.18. The lowest BCUT2D eigenvalue weighted by molar-refractivity contribution is 0.873. The van der Waals surface area contributed by atoms with Crippen molar-refractivity contribution in [3.63, 3.8) is 0 Å². The number of thiocarbonyl (C=S) groups is 1. The molecule has 0 saturated heterocycles. The third-order valence-corrected chi connectivity index (χ3v) is 3.80. The van der Waals surface area contributed by atoms with Crippen LogP contribution < -0.4 is 10.6 Å². The quantitative estimate of drug-likeness (QED) is 0.700. The zero-order valence-electron chi connectivity index (χ0n) is 12.3. The highest BCUT2D eigenvalue weighted by molar-refractivity contribution is 7.80. The fourth-order valence-electron chi connectivity index (χ4n) is 2.41. The number of nitrogens with one attached hydrogen (secondary N) is 2. The molecule has 110 valence electrons. The molecule has 0 aliphatic rings. The van der Waals surface area contributed by atoms with Gasteiger partial charge in [-0.2, -0.15) is 0 Å². The van der Waals surface area contributed by atoms with Crippen LogP contribution in [0.4, 0.5) is 5.69 Å². The van der Waals surface area contributed by atoms with E-state index in [9.17, 15) is 0 Å². The topological polar surface area (TPSA) is 24.1 Å². The first-order chi connectivity index (χ1) is 10.8. The van der Waals surface area contributed by atoms with Crippen LogP contribution in [-0.4, -0.2) is 11.7 Å². The predicted octanol–water partition coefficient (Wildman–Crippen LogP) is 4.37. The molecule has 0 bridgehead atoms. The first-order valence-corrected chi connectivity index (χ1v) is 7.80. The van der Waals surface area contributed by atoms with Gasteiger partial charge in [-0.05, 0) is 47.1 Å². The van der Waals surface area contributed by atoms with Crippen LogP contribution in [0, 0.1) is 0 Å². The van der Waals surface area contributed by atoms with Gasteiger partial charge in [-0.3, -0.25) is 0 Å². The second-order valence-corrected chi connectivity index (χ2v) is 5.59. The molecule has 0 radical (unpaired) electrons. The molecular formula is C19H18N2S. The summed E-state index contributed by atoms with van der Waals surface area (Å²) in [5, 5.41) is 9.59. The van der Waals surface area contributed by atoms with Crippen molar-refractivity contribution in [1.82, 2.24) is 5.32 Å². The molecule has 0 saturated carbocycles. The average Bonchev–Trinajstić information content (AvgIpc) is 2.56. The number of benzene rings is 3. The average molecular weight is 306 g/mol. The Morgan fingerprint density at radius 1 is 0.818 bits per heavy atom. The standard InChI is InChI=1S/C19H18N2S/c22-19(20-13-12-15-6-2-1-3-7-15)21-18-11-10-16-8-4-5-9-17(16)14-18/h1-11,14H,12-13H2,(H2,20,21,22). The van der Waals surface area contributed by atoms with E-state index < -0.39 is 0 Å². The minimum Gasteiger partial charge on any atom is -0.362 e. The van der Waals surface area contributed by atoms with Crippen molar-refractivity contribution in [2.24, 2.45) is 0 Å². The lowest BCUT2D eigenvalue weighted by Gasteiger charge is -2.11. The third kappa shape index (κ3) is 3.83. The lowest BCUT2D eigenvalue weighted by Crippen LogP contribution is -2.30. The highest BCUT2D eigenvalue weighted by Gasteiger charge is 1.99. The van der Waals surface area contributed by atoms with Gasteiger partial charge in [0.05, 0.1) is 0 Å². The molecule has 3 aromatic rings. The van der Waals surface area contributed by atoms with E-state index in [0.717, 1.165) is 18.7 Å². The monoisotopic (exact) mass is 306 g/mol. The van der Waals surface area contributed by atoms with Crippen molar-refractivity contribution in [3.8, 4) is 0 Å². The van der Waals surface area contributed by atoms with Crippen molar-refractivity contribution in [2.45, 2.75) is 6.42 Å². The molecule has 0 aliphatic carbocycles. The predicted molar refractivity (Wildman–Crippen MR) is 98.3 cm³/mol. The summed E-state index contributed by atoms with van der Waals surface area (Å²) in [6, 6.07) is 25.0. The second kappa shape index (κ2) is 7.05. The van der Waals surface area contributed by atoms with Crippen LogP contribution in [0.25, 0.3) is 10.8 Å². The van der Waals surface area contributed by atoms with E-state index in [4.69, 9.17) is 12.2 Å². The van der Waals surface area contributed by atoms with E-state index in [1.54, 1.807) is 0 Å². The number of hydrogen-bond acceptors (Lipinski definition) is 1. The minimum atomic E-state index is 0.659. The van der Waals surface area contributed by atoms with Gasteiger partial charge in [0, 0.05) is 12.2 Å². The van der Waals surface area contributed by atoms with Gasteiger partial charge in [-0.25, -0.2) is 0 Å². The fourth-order valence-corrected chi connectivity index (χ4v) is 2.63. The van der Waals surface area contributed by atoms with Crippen molar-refractivity contribution in [2.75, 3.05) is 11.9 Å². The summed E-state index contributed by atoms with van der Waals surface area (Å²) in [7, 11) is 0. The van der Waals surface area contributed by atoms with Crippen molar-refractivity contribution in [1.29, 1.82) is 0 Å². The molecule has 0 heterocycles. The minimum absolute atomic E-state index is 0.659. The second-order valence-electron chi connectivity index (χ2n) is 5.18. The Morgan fingerprint density at radius 3 is 2.36 bits per heavy atom. The summed E-state index contributed by atoms with van der Waals surface area (Å²) in [5.74, 6) is 0. The maximum absolute atomic E-state index is 5.35. The van der Waals surface area contributed by atoms with Crippen LogP contribution in [-0.2, 0) is 6.42 Å². The number of anilines is 1. The van der Waals surface area contributed by atoms with Crippen molar-refractivity contribution in [3.05, 3.63) is 78.4 Å². The smallest absolute Gasteiger partial charge is 0.170 e. The van der Waals surface area contributed by atoms with E-state index in [0.29, 0.717) is 5.11 Å². The number of rotatable bonds is 4. The van der Waals surface area contributed by atoms with Crippen LogP contribution >= 0.6 is 12.2 Å². The summed E-state index contributed by atoms with van der Waals surface area (Å²) in [6.07, 6.45) is 0.959.